The number of nitrogens with one attached hydrogen (secondary N) is 2. The normalized spacial score (nSPS) is 27.2. The van der Waals surface area contributed by atoms with Gasteiger partial charge in [0, 0.05) is 11.1 Å². The molecule has 3 rings (SSSR count). The van der Waals surface area contributed by atoms with Crippen LogP contribution >= 0.6 is 11.6 Å². The second kappa shape index (κ2) is 7.00. The van der Waals surface area contributed by atoms with Crippen molar-refractivity contribution in [1.82, 2.24) is 10.0 Å². The molecular formula is C16H21ClN2O4S. The van der Waals surface area contributed by atoms with E-state index in [0.717, 1.165) is 19.3 Å². The van der Waals surface area contributed by atoms with Crippen molar-refractivity contribution >= 4 is 27.5 Å². The highest BCUT2D eigenvalue weighted by Crippen LogP contribution is 2.44. The molecule has 4 atom stereocenters. The van der Waals surface area contributed by atoms with Gasteiger partial charge in [0.05, 0.1) is 11.5 Å². The lowest BCUT2D eigenvalue weighted by atomic mass is 9.95. The van der Waals surface area contributed by atoms with Crippen molar-refractivity contribution in [2.75, 3.05) is 6.61 Å². The third kappa shape index (κ3) is 3.74. The smallest absolute Gasteiger partial charge is 0.241 e. The molecule has 8 heteroatoms. The second-order valence-electron chi connectivity index (χ2n) is 6.60. The molecule has 2 aliphatic carbocycles. The number of carbonyl (C=O) groups is 1. The fraction of sp³-hybridized carbons (Fsp3) is 0.562. The molecule has 3 unspecified atom stereocenters. The van der Waals surface area contributed by atoms with Gasteiger partial charge < -0.3 is 10.4 Å². The van der Waals surface area contributed by atoms with E-state index in [4.69, 9.17) is 11.6 Å². The van der Waals surface area contributed by atoms with Gasteiger partial charge in [-0.3, -0.25) is 4.79 Å². The van der Waals surface area contributed by atoms with Gasteiger partial charge in [-0.2, -0.15) is 4.72 Å². The topological polar surface area (TPSA) is 95.5 Å². The summed E-state index contributed by atoms with van der Waals surface area (Å²) in [4.78, 5) is 12.3. The first-order valence-corrected chi connectivity index (χ1v) is 9.94. The molecule has 24 heavy (non-hydrogen) atoms. The van der Waals surface area contributed by atoms with E-state index in [1.165, 1.54) is 30.7 Å². The Morgan fingerprint density at radius 2 is 1.96 bits per heavy atom. The number of hydrogen-bond donors (Lipinski definition) is 3. The highest BCUT2D eigenvalue weighted by molar-refractivity contribution is 7.89. The van der Waals surface area contributed by atoms with Crippen LogP contribution in [0.3, 0.4) is 0 Å². The summed E-state index contributed by atoms with van der Waals surface area (Å²) in [6.45, 7) is -0.598. The largest absolute Gasteiger partial charge is 0.394 e. The molecule has 0 aromatic heterocycles. The number of rotatable bonds is 6. The third-order valence-electron chi connectivity index (χ3n) is 4.99. The Balaban J connectivity index is 1.65. The molecule has 0 saturated heterocycles. The van der Waals surface area contributed by atoms with Crippen LogP contribution in [0.25, 0.3) is 0 Å². The van der Waals surface area contributed by atoms with Gasteiger partial charge in [0.1, 0.15) is 6.04 Å². The molecule has 3 N–H and O–H groups in total. The number of sulfonamides is 1. The van der Waals surface area contributed by atoms with E-state index in [0.29, 0.717) is 16.9 Å². The summed E-state index contributed by atoms with van der Waals surface area (Å²) in [6.07, 6.45) is 4.39. The van der Waals surface area contributed by atoms with E-state index in [2.05, 4.69) is 10.0 Å². The standard InChI is InChI=1S/C16H21ClN2O4S/c17-12-3-5-13(6-4-12)24(22,23)19-15(9-20)16(21)18-14-8-10-1-2-11(14)7-10/h3-6,10-11,14-15,19-20H,1-2,7-9H2,(H,18,21)/t10?,11?,14?,15-/m0/s1. The van der Waals surface area contributed by atoms with Crippen molar-refractivity contribution in [2.24, 2.45) is 11.8 Å². The highest BCUT2D eigenvalue weighted by Gasteiger charge is 2.41. The van der Waals surface area contributed by atoms with E-state index >= 15 is 0 Å². The van der Waals surface area contributed by atoms with Crippen molar-refractivity contribution in [2.45, 2.75) is 42.7 Å². The first-order valence-electron chi connectivity index (χ1n) is 8.08. The van der Waals surface area contributed by atoms with Gasteiger partial charge in [0.2, 0.25) is 15.9 Å². The zero-order valence-electron chi connectivity index (χ0n) is 13.1. The molecule has 1 aromatic carbocycles. The van der Waals surface area contributed by atoms with Gasteiger partial charge in [0.25, 0.3) is 0 Å². The average molecular weight is 373 g/mol. The predicted molar refractivity (Wildman–Crippen MR) is 90.0 cm³/mol. The van der Waals surface area contributed by atoms with Crippen LogP contribution in [0.1, 0.15) is 25.7 Å². The SMILES string of the molecule is O=C(NC1CC2CCC1C2)[C@H](CO)NS(=O)(=O)c1ccc(Cl)cc1. The van der Waals surface area contributed by atoms with E-state index in [9.17, 15) is 18.3 Å². The molecule has 0 heterocycles. The lowest BCUT2D eigenvalue weighted by Crippen LogP contribution is -2.52. The van der Waals surface area contributed by atoms with E-state index in [-0.39, 0.29) is 10.9 Å². The highest BCUT2D eigenvalue weighted by atomic mass is 35.5. The number of fused-ring (bicyclic) bond motifs is 2. The zero-order chi connectivity index (χ0) is 17.3. The number of amides is 1. The molecule has 2 aliphatic rings. The van der Waals surface area contributed by atoms with Crippen LogP contribution in [0.2, 0.25) is 5.02 Å². The second-order valence-corrected chi connectivity index (χ2v) is 8.75. The zero-order valence-corrected chi connectivity index (χ0v) is 14.7. The monoisotopic (exact) mass is 372 g/mol. The first kappa shape index (κ1) is 17.7. The molecule has 6 nitrogen and oxygen atoms in total. The van der Waals surface area contributed by atoms with Crippen molar-refractivity contribution in [1.29, 1.82) is 0 Å². The van der Waals surface area contributed by atoms with E-state index < -0.39 is 28.6 Å². The van der Waals surface area contributed by atoms with Crippen LogP contribution in [0, 0.1) is 11.8 Å². The Labute approximate surface area is 146 Å². The van der Waals surface area contributed by atoms with Crippen LogP contribution in [0.5, 0.6) is 0 Å². The summed E-state index contributed by atoms with van der Waals surface area (Å²) >= 11 is 5.75. The van der Waals surface area contributed by atoms with Gasteiger partial charge in [-0.15, -0.1) is 0 Å². The predicted octanol–water partition coefficient (Wildman–Crippen LogP) is 1.28. The maximum atomic E-state index is 12.4. The van der Waals surface area contributed by atoms with Crippen LogP contribution in [0.15, 0.2) is 29.2 Å². The fourth-order valence-corrected chi connectivity index (χ4v) is 5.06. The molecule has 132 valence electrons. The molecular weight excluding hydrogens is 352 g/mol. The lowest BCUT2D eigenvalue weighted by Gasteiger charge is -2.25. The Morgan fingerprint density at radius 3 is 2.50 bits per heavy atom. The van der Waals surface area contributed by atoms with Crippen LogP contribution in [-0.4, -0.2) is 38.1 Å². The van der Waals surface area contributed by atoms with Gasteiger partial charge >= 0.3 is 0 Å². The quantitative estimate of drug-likeness (QED) is 0.701. The summed E-state index contributed by atoms with van der Waals surface area (Å²) in [5.41, 5.74) is 0. The molecule has 2 fully saturated rings. The van der Waals surface area contributed by atoms with E-state index in [1.807, 2.05) is 0 Å². The summed E-state index contributed by atoms with van der Waals surface area (Å²) in [7, 11) is -3.91. The third-order valence-corrected chi connectivity index (χ3v) is 6.73. The van der Waals surface area contributed by atoms with Crippen LogP contribution < -0.4 is 10.0 Å². The van der Waals surface area contributed by atoms with Crippen molar-refractivity contribution in [3.63, 3.8) is 0 Å². The van der Waals surface area contributed by atoms with Crippen LogP contribution in [0.4, 0.5) is 0 Å². The van der Waals surface area contributed by atoms with E-state index in [1.54, 1.807) is 0 Å². The van der Waals surface area contributed by atoms with Crippen LogP contribution in [-0.2, 0) is 14.8 Å². The maximum Gasteiger partial charge on any atom is 0.241 e. The Morgan fingerprint density at radius 1 is 1.25 bits per heavy atom. The Hall–Kier alpha value is -1.15. The number of aliphatic hydroxyl groups is 1. The number of benzene rings is 1. The summed E-state index contributed by atoms with van der Waals surface area (Å²) < 4.78 is 26.9. The number of carbonyl (C=O) groups excluding carboxylic acids is 1. The van der Waals surface area contributed by atoms with Gasteiger partial charge in [0.15, 0.2) is 0 Å². The number of aliphatic hydroxyl groups excluding tert-OH is 1. The molecule has 2 bridgehead atoms. The summed E-state index contributed by atoms with van der Waals surface area (Å²) in [5, 5.41) is 12.8. The summed E-state index contributed by atoms with van der Waals surface area (Å²) in [6, 6.07) is 4.51. The summed E-state index contributed by atoms with van der Waals surface area (Å²) in [5.74, 6) is 0.664. The first-order chi connectivity index (χ1) is 11.4. The van der Waals surface area contributed by atoms with Gasteiger partial charge in [-0.25, -0.2) is 8.42 Å². The maximum absolute atomic E-state index is 12.4. The van der Waals surface area contributed by atoms with Gasteiger partial charge in [-0.1, -0.05) is 18.0 Å². The lowest BCUT2D eigenvalue weighted by molar-refractivity contribution is -0.124. The molecule has 1 aromatic rings. The minimum absolute atomic E-state index is 0.00178. The van der Waals surface area contributed by atoms with Crippen molar-refractivity contribution in [3.8, 4) is 0 Å². The molecule has 2 saturated carbocycles. The average Bonchev–Trinajstić information content (AvgIpc) is 3.15. The molecule has 0 radical (unpaired) electrons. The van der Waals surface area contributed by atoms with Crippen molar-refractivity contribution in [3.05, 3.63) is 29.3 Å². The number of hydrogen-bond acceptors (Lipinski definition) is 4. The number of halogens is 1. The minimum Gasteiger partial charge on any atom is -0.394 e. The Bertz CT molecular complexity index is 707. The molecule has 1 amide bonds. The Kier molecular flexibility index (Phi) is 5.15. The van der Waals surface area contributed by atoms with Gasteiger partial charge in [-0.05, 0) is 55.4 Å². The van der Waals surface area contributed by atoms with Crippen molar-refractivity contribution < 1.29 is 18.3 Å². The molecule has 0 aliphatic heterocycles. The minimum atomic E-state index is -3.91. The fourth-order valence-electron chi connectivity index (χ4n) is 3.75. The molecule has 0 spiro atoms.